The summed E-state index contributed by atoms with van der Waals surface area (Å²) in [5.74, 6) is 2.03. The minimum atomic E-state index is 0.485. The van der Waals surface area contributed by atoms with Crippen LogP contribution in [-0.4, -0.2) is 27.0 Å². The number of hydrogen-bond donors (Lipinski definition) is 1. The van der Waals surface area contributed by atoms with Gasteiger partial charge in [-0.15, -0.1) is 0 Å². The lowest BCUT2D eigenvalue weighted by atomic mass is 10.2. The molecule has 2 N–H and O–H groups in total. The van der Waals surface area contributed by atoms with Crippen LogP contribution in [0.2, 0.25) is 0 Å². The van der Waals surface area contributed by atoms with E-state index in [1.165, 1.54) is 19.2 Å². The lowest BCUT2D eigenvalue weighted by molar-refractivity contribution is 0.397. The smallest absolute Gasteiger partial charge is 0.216 e. The lowest BCUT2D eigenvalue weighted by Crippen LogP contribution is -2.05. The maximum atomic E-state index is 5.96. The van der Waals surface area contributed by atoms with Crippen LogP contribution in [0.25, 0.3) is 11.5 Å². The quantitative estimate of drug-likeness (QED) is 0.833. The molecule has 98 valence electrons. The molecule has 1 aliphatic rings. The van der Waals surface area contributed by atoms with Crippen LogP contribution >= 0.6 is 22.6 Å². The first-order valence-electron chi connectivity index (χ1n) is 5.88. The third-order valence-electron chi connectivity index (χ3n) is 2.95. The van der Waals surface area contributed by atoms with E-state index in [2.05, 4.69) is 42.5 Å². The molecule has 1 fully saturated rings. The molecule has 0 aliphatic heterocycles. The fourth-order valence-corrected chi connectivity index (χ4v) is 2.48. The summed E-state index contributed by atoms with van der Waals surface area (Å²) < 4.78 is 6.03. The number of rotatable bonds is 3. The van der Waals surface area contributed by atoms with E-state index in [0.717, 1.165) is 9.26 Å². The first kappa shape index (κ1) is 12.5. The highest BCUT2D eigenvalue weighted by Gasteiger charge is 2.29. The molecule has 0 saturated heterocycles. The van der Waals surface area contributed by atoms with Crippen molar-refractivity contribution in [2.24, 2.45) is 0 Å². The Kier molecular flexibility index (Phi) is 3.21. The molecular weight excluding hydrogens is 357 g/mol. The molecule has 2 aromatic heterocycles. The molecule has 0 unspecified atom stereocenters. The van der Waals surface area contributed by atoms with Crippen LogP contribution in [0.1, 0.15) is 24.5 Å². The van der Waals surface area contributed by atoms with Crippen LogP contribution in [0.3, 0.4) is 0 Å². The minimum Gasteiger partial charge on any atom is -0.481 e. The molecule has 2 aromatic rings. The second-order valence-electron chi connectivity index (χ2n) is 4.35. The largest absolute Gasteiger partial charge is 0.481 e. The molecule has 0 atom stereocenters. The average Bonchev–Trinajstić information content (AvgIpc) is 3.26. The van der Waals surface area contributed by atoms with Crippen molar-refractivity contribution >= 4 is 28.4 Å². The van der Waals surface area contributed by atoms with Gasteiger partial charge in [-0.2, -0.15) is 0 Å². The predicted octanol–water partition coefficient (Wildman–Crippen LogP) is 2.01. The third-order valence-corrected chi connectivity index (χ3v) is 4.05. The maximum Gasteiger partial charge on any atom is 0.216 e. The molecule has 0 amide bonds. The van der Waals surface area contributed by atoms with Crippen LogP contribution in [0.4, 0.5) is 5.82 Å². The molecule has 0 spiro atoms. The molecule has 0 radical (unpaired) electrons. The van der Waals surface area contributed by atoms with Crippen LogP contribution in [0.5, 0.6) is 5.88 Å². The Labute approximate surface area is 124 Å². The maximum absolute atomic E-state index is 5.96. The van der Waals surface area contributed by atoms with Gasteiger partial charge in [-0.1, -0.05) is 0 Å². The monoisotopic (exact) mass is 369 g/mol. The Hall–Kier alpha value is -1.51. The van der Waals surface area contributed by atoms with Crippen molar-refractivity contribution in [2.45, 2.75) is 18.8 Å². The zero-order valence-electron chi connectivity index (χ0n) is 10.3. The molecule has 1 saturated carbocycles. The summed E-state index contributed by atoms with van der Waals surface area (Å²) in [6.07, 6.45) is 3.76. The van der Waals surface area contributed by atoms with Gasteiger partial charge in [-0.3, -0.25) is 0 Å². The van der Waals surface area contributed by atoms with Crippen LogP contribution in [0.15, 0.2) is 12.4 Å². The molecule has 3 rings (SSSR count). The molecule has 2 heterocycles. The Bertz CT molecular complexity index is 630. The van der Waals surface area contributed by atoms with Gasteiger partial charge in [-0.05, 0) is 35.4 Å². The Morgan fingerprint density at radius 3 is 2.79 bits per heavy atom. The molecule has 0 bridgehead atoms. The number of nitrogens with two attached hydrogens (primary N) is 1. The summed E-state index contributed by atoms with van der Waals surface area (Å²) in [6.45, 7) is 0. The number of nitrogens with zero attached hydrogens (tertiary/aromatic N) is 4. The SMILES string of the molecule is COc1cc(-c2nc(N)c(I)c(C3CC3)n2)ncn1. The van der Waals surface area contributed by atoms with Crippen molar-refractivity contribution in [3.63, 3.8) is 0 Å². The van der Waals surface area contributed by atoms with Crippen molar-refractivity contribution in [2.75, 3.05) is 12.8 Å². The lowest BCUT2D eigenvalue weighted by Gasteiger charge is -2.08. The highest BCUT2D eigenvalue weighted by molar-refractivity contribution is 14.1. The van der Waals surface area contributed by atoms with Crippen LogP contribution in [0, 0.1) is 3.57 Å². The minimum absolute atomic E-state index is 0.485. The average molecular weight is 369 g/mol. The van der Waals surface area contributed by atoms with Gasteiger partial charge in [0.2, 0.25) is 5.88 Å². The van der Waals surface area contributed by atoms with E-state index < -0.39 is 0 Å². The van der Waals surface area contributed by atoms with E-state index >= 15 is 0 Å². The predicted molar refractivity (Wildman–Crippen MR) is 78.7 cm³/mol. The zero-order valence-corrected chi connectivity index (χ0v) is 12.5. The summed E-state index contributed by atoms with van der Waals surface area (Å²) in [7, 11) is 1.56. The first-order valence-corrected chi connectivity index (χ1v) is 6.96. The molecular formula is C12H12IN5O. The van der Waals surface area contributed by atoms with Crippen molar-refractivity contribution < 1.29 is 4.74 Å². The molecule has 19 heavy (non-hydrogen) atoms. The molecule has 6 nitrogen and oxygen atoms in total. The number of nitrogen functional groups attached to an aromatic ring is 1. The summed E-state index contributed by atoms with van der Waals surface area (Å²) in [5, 5.41) is 0. The Balaban J connectivity index is 2.08. The number of anilines is 1. The molecule has 1 aliphatic carbocycles. The fraction of sp³-hybridized carbons (Fsp3) is 0.333. The van der Waals surface area contributed by atoms with Gasteiger partial charge in [-0.25, -0.2) is 19.9 Å². The van der Waals surface area contributed by atoms with Gasteiger partial charge in [0.15, 0.2) is 5.82 Å². The summed E-state index contributed by atoms with van der Waals surface area (Å²) in [5.41, 5.74) is 7.61. The molecule has 0 aromatic carbocycles. The standard InChI is InChI=1S/C12H12IN5O/c1-19-8-4-7(15-5-16-8)12-17-10(6-2-3-6)9(13)11(14)18-12/h4-6H,2-3H2,1H3,(H2,14,17,18). The number of hydrogen-bond acceptors (Lipinski definition) is 6. The van der Waals surface area contributed by atoms with E-state index in [0.29, 0.717) is 29.1 Å². The molecule has 7 heteroatoms. The van der Waals surface area contributed by atoms with Crippen molar-refractivity contribution in [1.29, 1.82) is 0 Å². The van der Waals surface area contributed by atoms with E-state index in [-0.39, 0.29) is 0 Å². The summed E-state index contributed by atoms with van der Waals surface area (Å²) in [6, 6.07) is 1.71. The van der Waals surface area contributed by atoms with Crippen LogP contribution in [-0.2, 0) is 0 Å². The zero-order chi connectivity index (χ0) is 13.4. The topological polar surface area (TPSA) is 86.8 Å². The fourth-order valence-electron chi connectivity index (χ4n) is 1.80. The van der Waals surface area contributed by atoms with E-state index in [1.807, 2.05) is 0 Å². The Morgan fingerprint density at radius 1 is 1.32 bits per heavy atom. The van der Waals surface area contributed by atoms with E-state index in [1.54, 1.807) is 13.2 Å². The van der Waals surface area contributed by atoms with Crippen molar-refractivity contribution in [3.05, 3.63) is 21.7 Å². The first-order chi connectivity index (χ1) is 9.19. The van der Waals surface area contributed by atoms with Gasteiger partial charge in [0, 0.05) is 12.0 Å². The van der Waals surface area contributed by atoms with Gasteiger partial charge < -0.3 is 10.5 Å². The van der Waals surface area contributed by atoms with Gasteiger partial charge in [0.1, 0.15) is 17.8 Å². The van der Waals surface area contributed by atoms with Crippen molar-refractivity contribution in [3.8, 4) is 17.4 Å². The summed E-state index contributed by atoms with van der Waals surface area (Å²) in [4.78, 5) is 17.0. The van der Waals surface area contributed by atoms with Gasteiger partial charge >= 0.3 is 0 Å². The van der Waals surface area contributed by atoms with E-state index in [9.17, 15) is 0 Å². The highest BCUT2D eigenvalue weighted by atomic mass is 127. The second-order valence-corrected chi connectivity index (χ2v) is 5.43. The third kappa shape index (κ3) is 2.46. The van der Waals surface area contributed by atoms with Crippen molar-refractivity contribution in [1.82, 2.24) is 19.9 Å². The number of ether oxygens (including phenoxy) is 1. The Morgan fingerprint density at radius 2 is 2.11 bits per heavy atom. The van der Waals surface area contributed by atoms with Gasteiger partial charge in [0.05, 0.1) is 16.4 Å². The second kappa shape index (κ2) is 4.87. The number of methoxy groups -OCH3 is 1. The number of aromatic nitrogens is 4. The normalized spacial score (nSPS) is 14.4. The van der Waals surface area contributed by atoms with Crippen LogP contribution < -0.4 is 10.5 Å². The van der Waals surface area contributed by atoms with Gasteiger partial charge in [0.25, 0.3) is 0 Å². The number of halogens is 1. The highest BCUT2D eigenvalue weighted by Crippen LogP contribution is 2.42. The summed E-state index contributed by atoms with van der Waals surface area (Å²) >= 11 is 2.20. The van der Waals surface area contributed by atoms with E-state index in [4.69, 9.17) is 10.5 Å².